The average molecular weight is 443 g/mol. The Morgan fingerprint density at radius 1 is 1.27 bits per heavy atom. The Kier molecular flexibility index (Phi) is 6.58. The number of nitrogens with zero attached hydrogens (tertiary/aromatic N) is 2. The number of aryl methyl sites for hydroxylation is 2. The van der Waals surface area contributed by atoms with E-state index in [0.717, 1.165) is 45.9 Å². The van der Waals surface area contributed by atoms with Gasteiger partial charge in [-0.15, -0.1) is 23.1 Å². The molecule has 0 radical (unpaired) electrons. The van der Waals surface area contributed by atoms with Crippen molar-refractivity contribution in [1.82, 2.24) is 9.97 Å². The van der Waals surface area contributed by atoms with E-state index in [9.17, 15) is 4.79 Å². The van der Waals surface area contributed by atoms with Crippen LogP contribution in [0.5, 0.6) is 5.75 Å². The predicted octanol–water partition coefficient (Wildman–Crippen LogP) is 5.47. The highest BCUT2D eigenvalue weighted by Gasteiger charge is 2.23. The number of esters is 1. The number of ether oxygens (including phenoxy) is 2. The Morgan fingerprint density at radius 3 is 2.83 bits per heavy atom. The molecule has 7 heteroatoms. The number of benzene rings is 1. The van der Waals surface area contributed by atoms with E-state index in [0.29, 0.717) is 12.2 Å². The molecule has 0 amide bonds. The van der Waals surface area contributed by atoms with E-state index in [-0.39, 0.29) is 5.97 Å². The second-order valence-electron chi connectivity index (χ2n) is 7.67. The molecule has 0 bridgehead atoms. The molecule has 30 heavy (non-hydrogen) atoms. The zero-order valence-electron chi connectivity index (χ0n) is 17.6. The number of thioether (sulfide) groups is 1. The molecular formula is C23H26N2O3S2. The third-order valence-corrected chi connectivity index (χ3v) is 7.52. The number of thiophene rings is 1. The van der Waals surface area contributed by atoms with E-state index in [4.69, 9.17) is 19.4 Å². The number of aromatic nitrogens is 2. The summed E-state index contributed by atoms with van der Waals surface area (Å²) in [5, 5.41) is 2.41. The first-order valence-electron chi connectivity index (χ1n) is 10.3. The molecule has 1 aliphatic carbocycles. The maximum absolute atomic E-state index is 11.5. The fourth-order valence-electron chi connectivity index (χ4n) is 3.74. The molecule has 0 saturated carbocycles. The van der Waals surface area contributed by atoms with Gasteiger partial charge >= 0.3 is 5.97 Å². The van der Waals surface area contributed by atoms with Crippen LogP contribution in [0.25, 0.3) is 10.2 Å². The highest BCUT2D eigenvalue weighted by Crippen LogP contribution is 2.40. The van der Waals surface area contributed by atoms with E-state index in [1.807, 2.05) is 18.3 Å². The maximum atomic E-state index is 11.5. The van der Waals surface area contributed by atoms with Gasteiger partial charge in [0, 0.05) is 16.0 Å². The smallest absolute Gasteiger partial charge is 0.337 e. The van der Waals surface area contributed by atoms with Gasteiger partial charge in [0.1, 0.15) is 21.4 Å². The molecule has 158 valence electrons. The van der Waals surface area contributed by atoms with Crippen LogP contribution >= 0.6 is 23.1 Å². The van der Waals surface area contributed by atoms with E-state index < -0.39 is 0 Å². The molecule has 1 aromatic carbocycles. The van der Waals surface area contributed by atoms with E-state index in [2.05, 4.69) is 6.92 Å². The van der Waals surface area contributed by atoms with Crippen LogP contribution in [0.3, 0.4) is 0 Å². The summed E-state index contributed by atoms with van der Waals surface area (Å²) >= 11 is 3.66. The molecule has 1 atom stereocenters. The summed E-state index contributed by atoms with van der Waals surface area (Å²) in [6.07, 6.45) is 4.47. The van der Waals surface area contributed by atoms with Crippen molar-refractivity contribution < 1.29 is 14.3 Å². The predicted molar refractivity (Wildman–Crippen MR) is 122 cm³/mol. The van der Waals surface area contributed by atoms with Crippen molar-refractivity contribution >= 4 is 39.3 Å². The van der Waals surface area contributed by atoms with Crippen molar-refractivity contribution in [3.05, 3.63) is 46.1 Å². The zero-order valence-corrected chi connectivity index (χ0v) is 19.2. The third-order valence-electron chi connectivity index (χ3n) is 5.31. The number of hydrogen-bond donors (Lipinski definition) is 0. The molecule has 0 saturated heterocycles. The summed E-state index contributed by atoms with van der Waals surface area (Å²) in [7, 11) is 1.38. The topological polar surface area (TPSA) is 61.3 Å². The largest absolute Gasteiger partial charge is 0.494 e. The van der Waals surface area contributed by atoms with Crippen LogP contribution in [0.2, 0.25) is 0 Å². The van der Waals surface area contributed by atoms with Crippen LogP contribution in [0.1, 0.15) is 46.4 Å². The highest BCUT2D eigenvalue weighted by molar-refractivity contribution is 7.99. The molecule has 1 aliphatic rings. The fourth-order valence-corrected chi connectivity index (χ4v) is 6.25. The molecule has 1 unspecified atom stereocenters. The van der Waals surface area contributed by atoms with Gasteiger partial charge < -0.3 is 9.47 Å². The van der Waals surface area contributed by atoms with Gasteiger partial charge in [0.25, 0.3) is 0 Å². The highest BCUT2D eigenvalue weighted by atomic mass is 32.2. The van der Waals surface area contributed by atoms with E-state index in [1.165, 1.54) is 35.8 Å². The van der Waals surface area contributed by atoms with Crippen LogP contribution in [0.15, 0.2) is 29.3 Å². The molecule has 0 N–H and O–H groups in total. The van der Waals surface area contributed by atoms with E-state index >= 15 is 0 Å². The van der Waals surface area contributed by atoms with Gasteiger partial charge in [-0.3, -0.25) is 0 Å². The minimum Gasteiger partial charge on any atom is -0.494 e. The van der Waals surface area contributed by atoms with E-state index in [1.54, 1.807) is 36.0 Å². The average Bonchev–Trinajstić information content (AvgIpc) is 3.10. The first-order valence-corrected chi connectivity index (χ1v) is 12.1. The van der Waals surface area contributed by atoms with Crippen molar-refractivity contribution in [3.63, 3.8) is 0 Å². The first kappa shape index (κ1) is 21.1. The summed E-state index contributed by atoms with van der Waals surface area (Å²) in [5.74, 6) is 2.96. The van der Waals surface area contributed by atoms with Crippen molar-refractivity contribution in [2.45, 2.75) is 44.6 Å². The number of rotatable bonds is 7. The van der Waals surface area contributed by atoms with Crippen LogP contribution in [-0.2, 0) is 17.6 Å². The fraction of sp³-hybridized carbons (Fsp3) is 0.435. The Labute approximate surface area is 185 Å². The number of hydrogen-bond acceptors (Lipinski definition) is 7. The molecular weight excluding hydrogens is 416 g/mol. The van der Waals surface area contributed by atoms with Crippen LogP contribution in [0.4, 0.5) is 0 Å². The van der Waals surface area contributed by atoms with Crippen LogP contribution < -0.4 is 4.74 Å². The Balaban J connectivity index is 1.36. The van der Waals surface area contributed by atoms with Crippen LogP contribution in [0, 0.1) is 12.8 Å². The second-order valence-corrected chi connectivity index (χ2v) is 9.84. The molecule has 2 heterocycles. The minimum atomic E-state index is -0.338. The molecule has 0 spiro atoms. The molecule has 3 aromatic rings. The lowest BCUT2D eigenvalue weighted by molar-refractivity contribution is 0.0600. The van der Waals surface area contributed by atoms with Gasteiger partial charge in [-0.2, -0.15) is 0 Å². The summed E-state index contributed by atoms with van der Waals surface area (Å²) in [4.78, 5) is 23.6. The van der Waals surface area contributed by atoms with Gasteiger partial charge in [0.15, 0.2) is 0 Å². The van der Waals surface area contributed by atoms with Gasteiger partial charge in [-0.1, -0.05) is 6.92 Å². The SMILES string of the molecule is COC(=O)c1ccc(OCCCSc2nc(C)nc3sc4c(c23)CCC(C)C4)cc1. The Bertz CT molecular complexity index is 1050. The van der Waals surface area contributed by atoms with Gasteiger partial charge in [0.05, 0.1) is 19.3 Å². The molecule has 0 aliphatic heterocycles. The van der Waals surface area contributed by atoms with Gasteiger partial charge in [-0.25, -0.2) is 14.8 Å². The molecule has 4 rings (SSSR count). The monoisotopic (exact) mass is 442 g/mol. The molecule has 2 aromatic heterocycles. The van der Waals surface area contributed by atoms with Crippen molar-refractivity contribution in [2.75, 3.05) is 19.5 Å². The first-order chi connectivity index (χ1) is 14.5. The second kappa shape index (κ2) is 9.35. The summed E-state index contributed by atoms with van der Waals surface area (Å²) in [6, 6.07) is 7.04. The Hall–Kier alpha value is -2.12. The van der Waals surface area contributed by atoms with Gasteiger partial charge in [0.2, 0.25) is 0 Å². The molecule has 0 fully saturated rings. The summed E-state index contributed by atoms with van der Waals surface area (Å²) in [5.41, 5.74) is 2.01. The lowest BCUT2D eigenvalue weighted by Gasteiger charge is -2.18. The van der Waals surface area contributed by atoms with Crippen LogP contribution in [-0.4, -0.2) is 35.4 Å². The summed E-state index contributed by atoms with van der Waals surface area (Å²) < 4.78 is 10.5. The lowest BCUT2D eigenvalue weighted by atomic mass is 9.89. The Morgan fingerprint density at radius 2 is 2.07 bits per heavy atom. The number of carbonyl (C=O) groups excluding carboxylic acids is 1. The number of carbonyl (C=O) groups is 1. The van der Waals surface area contributed by atoms with Crippen molar-refractivity contribution in [1.29, 1.82) is 0 Å². The molecule has 5 nitrogen and oxygen atoms in total. The minimum absolute atomic E-state index is 0.338. The normalized spacial score (nSPS) is 15.8. The van der Waals surface area contributed by atoms with Crippen molar-refractivity contribution in [3.8, 4) is 5.75 Å². The van der Waals surface area contributed by atoms with Gasteiger partial charge in [-0.05, 0) is 68.4 Å². The lowest BCUT2D eigenvalue weighted by Crippen LogP contribution is -2.08. The number of fused-ring (bicyclic) bond motifs is 3. The third kappa shape index (κ3) is 4.62. The number of methoxy groups -OCH3 is 1. The quantitative estimate of drug-likeness (QED) is 0.209. The standard InChI is InChI=1S/C23H26N2O3S2/c1-14-5-10-18-19(13-14)30-22-20(18)21(24-15(2)25-22)29-12-4-11-28-17-8-6-16(7-9-17)23(26)27-3/h6-9,14H,4-5,10-13H2,1-3H3. The zero-order chi connectivity index (χ0) is 21.1. The summed E-state index contributed by atoms with van der Waals surface area (Å²) in [6.45, 7) is 4.94. The van der Waals surface area contributed by atoms with Crippen molar-refractivity contribution in [2.24, 2.45) is 5.92 Å². The maximum Gasteiger partial charge on any atom is 0.337 e.